The number of amides is 1. The first-order valence-electron chi connectivity index (χ1n) is 6.59. The van der Waals surface area contributed by atoms with Gasteiger partial charge in [0.2, 0.25) is 0 Å². The molecule has 8 heteroatoms. The van der Waals surface area contributed by atoms with Crippen LogP contribution in [0, 0.1) is 6.92 Å². The molecule has 0 radical (unpaired) electrons. The minimum Gasteiger partial charge on any atom is -0.357 e. The summed E-state index contributed by atoms with van der Waals surface area (Å²) in [7, 11) is -3.37. The molecular formula is C14H21N3O3S2. The van der Waals surface area contributed by atoms with E-state index < -0.39 is 15.7 Å². The molecule has 0 heterocycles. The number of hydrogen-bond acceptors (Lipinski definition) is 4. The molecule has 1 aromatic rings. The largest absolute Gasteiger partial charge is 0.357 e. The van der Waals surface area contributed by atoms with Crippen molar-refractivity contribution >= 4 is 33.1 Å². The highest BCUT2D eigenvalue weighted by Gasteiger charge is 2.15. The van der Waals surface area contributed by atoms with Crippen LogP contribution in [-0.4, -0.2) is 31.2 Å². The van der Waals surface area contributed by atoms with Crippen molar-refractivity contribution in [3.8, 4) is 0 Å². The van der Waals surface area contributed by atoms with Crippen molar-refractivity contribution in [1.29, 1.82) is 0 Å². The molecule has 0 bridgehead atoms. The van der Waals surface area contributed by atoms with E-state index in [4.69, 9.17) is 12.2 Å². The van der Waals surface area contributed by atoms with Crippen LogP contribution < -0.4 is 16.2 Å². The molecule has 0 saturated carbocycles. The third-order valence-corrected chi connectivity index (χ3v) is 3.97. The van der Waals surface area contributed by atoms with Crippen molar-refractivity contribution in [2.24, 2.45) is 0 Å². The van der Waals surface area contributed by atoms with Gasteiger partial charge in [-0.05, 0) is 57.6 Å². The van der Waals surface area contributed by atoms with Crippen LogP contribution in [0.25, 0.3) is 0 Å². The quantitative estimate of drug-likeness (QED) is 0.554. The molecule has 0 unspecified atom stereocenters. The lowest BCUT2D eigenvalue weighted by atomic mass is 10.1. The molecule has 0 atom stereocenters. The average molecular weight is 343 g/mol. The predicted octanol–water partition coefficient (Wildman–Crippen LogP) is 1.31. The molecule has 0 saturated heterocycles. The summed E-state index contributed by atoms with van der Waals surface area (Å²) in [5, 5.41) is 3.26. The number of hydrazine groups is 1. The van der Waals surface area contributed by atoms with Gasteiger partial charge in [0.1, 0.15) is 0 Å². The van der Waals surface area contributed by atoms with Crippen LogP contribution in [0.4, 0.5) is 0 Å². The Balaban J connectivity index is 2.84. The SMILES string of the molecule is Cc1ccc(S(C)(=O)=O)cc1C(=O)NNC(=S)NC(C)(C)C. The summed E-state index contributed by atoms with van der Waals surface area (Å²) in [5.41, 5.74) is 5.75. The van der Waals surface area contributed by atoms with Gasteiger partial charge in [-0.25, -0.2) is 8.42 Å². The maximum Gasteiger partial charge on any atom is 0.269 e. The van der Waals surface area contributed by atoms with E-state index in [0.29, 0.717) is 5.56 Å². The molecule has 122 valence electrons. The number of nitrogens with one attached hydrogen (secondary N) is 3. The number of benzene rings is 1. The number of hydrogen-bond donors (Lipinski definition) is 3. The molecule has 0 aliphatic rings. The lowest BCUT2D eigenvalue weighted by Gasteiger charge is -2.23. The number of thiocarbonyl (C=S) groups is 1. The van der Waals surface area contributed by atoms with Crippen molar-refractivity contribution in [2.75, 3.05) is 6.26 Å². The molecule has 0 aliphatic carbocycles. The molecule has 0 aliphatic heterocycles. The predicted molar refractivity (Wildman–Crippen MR) is 90.4 cm³/mol. The second-order valence-electron chi connectivity index (χ2n) is 6.03. The number of carbonyl (C=O) groups excluding carboxylic acids is 1. The van der Waals surface area contributed by atoms with Gasteiger partial charge in [-0.2, -0.15) is 0 Å². The van der Waals surface area contributed by atoms with Gasteiger partial charge in [-0.3, -0.25) is 15.6 Å². The first-order valence-corrected chi connectivity index (χ1v) is 8.89. The summed E-state index contributed by atoms with van der Waals surface area (Å²) in [6.45, 7) is 7.53. The number of sulfone groups is 1. The van der Waals surface area contributed by atoms with Crippen molar-refractivity contribution in [2.45, 2.75) is 38.1 Å². The highest BCUT2D eigenvalue weighted by atomic mass is 32.2. The topological polar surface area (TPSA) is 87.3 Å². The highest BCUT2D eigenvalue weighted by molar-refractivity contribution is 7.90. The maximum absolute atomic E-state index is 12.2. The Morgan fingerprint density at radius 3 is 2.27 bits per heavy atom. The number of aryl methyl sites for hydroxylation is 1. The fourth-order valence-corrected chi connectivity index (χ4v) is 2.63. The van der Waals surface area contributed by atoms with E-state index in [-0.39, 0.29) is 21.1 Å². The normalized spacial score (nSPS) is 11.7. The van der Waals surface area contributed by atoms with Crippen molar-refractivity contribution in [3.63, 3.8) is 0 Å². The molecule has 0 spiro atoms. The molecule has 6 nitrogen and oxygen atoms in total. The van der Waals surface area contributed by atoms with Crippen molar-refractivity contribution < 1.29 is 13.2 Å². The zero-order valence-corrected chi connectivity index (χ0v) is 14.9. The summed E-state index contributed by atoms with van der Waals surface area (Å²) in [6.07, 6.45) is 1.10. The molecule has 1 aromatic carbocycles. The fourth-order valence-electron chi connectivity index (χ4n) is 1.63. The van der Waals surface area contributed by atoms with E-state index >= 15 is 0 Å². The minimum atomic E-state index is -3.37. The Labute approximate surface area is 136 Å². The van der Waals surface area contributed by atoms with Gasteiger partial charge >= 0.3 is 0 Å². The van der Waals surface area contributed by atoms with Gasteiger partial charge in [-0.15, -0.1) is 0 Å². The van der Waals surface area contributed by atoms with Crippen LogP contribution in [0.5, 0.6) is 0 Å². The number of rotatable bonds is 2. The molecule has 3 N–H and O–H groups in total. The second-order valence-corrected chi connectivity index (χ2v) is 8.46. The van der Waals surface area contributed by atoms with Crippen molar-refractivity contribution in [1.82, 2.24) is 16.2 Å². The second kappa shape index (κ2) is 6.62. The van der Waals surface area contributed by atoms with Gasteiger partial charge in [-0.1, -0.05) is 6.07 Å². The van der Waals surface area contributed by atoms with Crippen molar-refractivity contribution in [3.05, 3.63) is 29.3 Å². The maximum atomic E-state index is 12.2. The Kier molecular flexibility index (Phi) is 5.53. The monoisotopic (exact) mass is 343 g/mol. The Bertz CT molecular complexity index is 692. The lowest BCUT2D eigenvalue weighted by molar-refractivity contribution is 0.0942. The highest BCUT2D eigenvalue weighted by Crippen LogP contribution is 2.15. The van der Waals surface area contributed by atoms with E-state index in [0.717, 1.165) is 6.26 Å². The van der Waals surface area contributed by atoms with Crippen LogP contribution in [-0.2, 0) is 9.84 Å². The van der Waals surface area contributed by atoms with Gasteiger partial charge in [0, 0.05) is 17.4 Å². The Hall–Kier alpha value is -1.67. The van der Waals surface area contributed by atoms with Gasteiger partial charge in [0.05, 0.1) is 4.90 Å². The Morgan fingerprint density at radius 1 is 1.18 bits per heavy atom. The first-order chi connectivity index (χ1) is 9.90. The first kappa shape index (κ1) is 18.4. The standard InChI is InChI=1S/C14H21N3O3S2/c1-9-6-7-10(22(5,19)20)8-11(9)12(18)16-17-13(21)15-14(2,3)4/h6-8H,1-5H3,(H,16,18)(H2,15,17,21). The zero-order valence-electron chi connectivity index (χ0n) is 13.3. The zero-order chi connectivity index (χ0) is 17.1. The molecule has 22 heavy (non-hydrogen) atoms. The van der Waals surface area contributed by atoms with E-state index in [1.54, 1.807) is 13.0 Å². The number of carbonyl (C=O) groups is 1. The van der Waals surface area contributed by atoms with Crippen LogP contribution in [0.3, 0.4) is 0 Å². The van der Waals surface area contributed by atoms with E-state index in [2.05, 4.69) is 16.2 Å². The van der Waals surface area contributed by atoms with Gasteiger partial charge < -0.3 is 5.32 Å². The summed E-state index contributed by atoms with van der Waals surface area (Å²) in [6, 6.07) is 4.42. The summed E-state index contributed by atoms with van der Waals surface area (Å²) in [5.74, 6) is -0.457. The molecule has 1 rings (SSSR count). The van der Waals surface area contributed by atoms with Crippen LogP contribution >= 0.6 is 12.2 Å². The van der Waals surface area contributed by atoms with Crippen LogP contribution in [0.2, 0.25) is 0 Å². The third kappa shape index (κ3) is 5.61. The minimum absolute atomic E-state index is 0.0960. The van der Waals surface area contributed by atoms with Gasteiger partial charge in [0.25, 0.3) is 5.91 Å². The molecular weight excluding hydrogens is 322 g/mol. The summed E-state index contributed by atoms with van der Waals surface area (Å²) < 4.78 is 23.1. The molecule has 0 fully saturated rings. The summed E-state index contributed by atoms with van der Waals surface area (Å²) >= 11 is 5.06. The van der Waals surface area contributed by atoms with Crippen LogP contribution in [0.1, 0.15) is 36.7 Å². The lowest BCUT2D eigenvalue weighted by Crippen LogP contribution is -2.52. The van der Waals surface area contributed by atoms with Gasteiger partial charge in [0.15, 0.2) is 14.9 Å². The van der Waals surface area contributed by atoms with E-state index in [1.807, 2.05) is 20.8 Å². The average Bonchev–Trinajstić information content (AvgIpc) is 2.33. The Morgan fingerprint density at radius 2 is 1.77 bits per heavy atom. The summed E-state index contributed by atoms with van der Waals surface area (Å²) in [4.78, 5) is 12.3. The third-order valence-electron chi connectivity index (χ3n) is 2.66. The fraction of sp³-hybridized carbons (Fsp3) is 0.429. The molecule has 0 aromatic heterocycles. The van der Waals surface area contributed by atoms with E-state index in [1.165, 1.54) is 12.1 Å². The van der Waals surface area contributed by atoms with Crippen LogP contribution in [0.15, 0.2) is 23.1 Å². The smallest absolute Gasteiger partial charge is 0.269 e. The van der Waals surface area contributed by atoms with E-state index in [9.17, 15) is 13.2 Å². The molecule has 1 amide bonds.